The number of carbonyl (C=O) groups excluding carboxylic acids is 1. The maximum atomic E-state index is 11.5. The average molecular weight is 241 g/mol. The van der Waals surface area contributed by atoms with Gasteiger partial charge >= 0.3 is 6.09 Å². The summed E-state index contributed by atoms with van der Waals surface area (Å²) in [6, 6.07) is 0.431. The molecule has 1 heterocycles. The number of piperazine rings is 1. The van der Waals surface area contributed by atoms with Crippen LogP contribution >= 0.6 is 0 Å². The van der Waals surface area contributed by atoms with Crippen LogP contribution in [0, 0.1) is 5.92 Å². The molecule has 1 amide bonds. The molecule has 0 aromatic carbocycles. The number of hydrogen-bond donors (Lipinski definition) is 1. The summed E-state index contributed by atoms with van der Waals surface area (Å²) in [6.07, 6.45) is 2.16. The molecule has 0 unspecified atom stereocenters. The smallest absolute Gasteiger partial charge is 0.409 e. The van der Waals surface area contributed by atoms with Crippen LogP contribution in [0.25, 0.3) is 0 Å². The largest absolute Gasteiger partial charge is 0.450 e. The van der Waals surface area contributed by atoms with Crippen molar-refractivity contribution in [2.45, 2.75) is 25.8 Å². The third-order valence-electron chi connectivity index (χ3n) is 3.69. The molecule has 0 atom stereocenters. The zero-order chi connectivity index (χ0) is 12.3. The molecule has 2 fully saturated rings. The van der Waals surface area contributed by atoms with Gasteiger partial charge in [-0.1, -0.05) is 0 Å². The first-order valence-electron chi connectivity index (χ1n) is 6.58. The lowest BCUT2D eigenvalue weighted by atomic mass is 9.80. The van der Waals surface area contributed by atoms with Crippen LogP contribution in [-0.4, -0.2) is 61.3 Å². The minimum Gasteiger partial charge on any atom is -0.450 e. The van der Waals surface area contributed by atoms with E-state index < -0.39 is 0 Å². The fourth-order valence-corrected chi connectivity index (χ4v) is 2.63. The Morgan fingerprint density at radius 1 is 1.29 bits per heavy atom. The average Bonchev–Trinajstić information content (AvgIpc) is 2.28. The second-order valence-corrected chi connectivity index (χ2v) is 5.08. The topological polar surface area (TPSA) is 58.8 Å². The summed E-state index contributed by atoms with van der Waals surface area (Å²) in [5.74, 6) is 0.777. The molecule has 1 saturated heterocycles. The van der Waals surface area contributed by atoms with Crippen LogP contribution in [0.4, 0.5) is 4.79 Å². The molecule has 0 radical (unpaired) electrons. The summed E-state index contributed by atoms with van der Waals surface area (Å²) in [5, 5.41) is 0. The lowest BCUT2D eigenvalue weighted by Crippen LogP contribution is -2.51. The van der Waals surface area contributed by atoms with Crippen molar-refractivity contribution in [1.29, 1.82) is 0 Å². The molecule has 5 heteroatoms. The van der Waals surface area contributed by atoms with Crippen LogP contribution in [0.3, 0.4) is 0 Å². The maximum absolute atomic E-state index is 11.5. The van der Waals surface area contributed by atoms with Crippen LogP contribution in [0.5, 0.6) is 0 Å². The van der Waals surface area contributed by atoms with Gasteiger partial charge in [0.1, 0.15) is 0 Å². The number of amides is 1. The maximum Gasteiger partial charge on any atom is 0.409 e. The van der Waals surface area contributed by atoms with E-state index in [-0.39, 0.29) is 6.09 Å². The molecule has 0 spiro atoms. The standard InChI is InChI=1S/C12H23N3O2/c1-2-17-12(16)15-5-3-14(4-6-15)9-10-7-11(13)8-10/h10-11H,2-9,13H2,1H3. The Labute approximate surface area is 103 Å². The van der Waals surface area contributed by atoms with Gasteiger partial charge in [-0.15, -0.1) is 0 Å². The SMILES string of the molecule is CCOC(=O)N1CCN(CC2CC(N)C2)CC1. The van der Waals surface area contributed by atoms with Crippen molar-refractivity contribution in [2.24, 2.45) is 11.7 Å². The number of hydrogen-bond acceptors (Lipinski definition) is 4. The van der Waals surface area contributed by atoms with E-state index in [9.17, 15) is 4.79 Å². The highest BCUT2D eigenvalue weighted by atomic mass is 16.6. The van der Waals surface area contributed by atoms with E-state index in [0.29, 0.717) is 12.6 Å². The number of rotatable bonds is 3. The van der Waals surface area contributed by atoms with Gasteiger partial charge in [-0.2, -0.15) is 0 Å². The lowest BCUT2D eigenvalue weighted by Gasteiger charge is -2.40. The molecule has 0 bridgehead atoms. The number of carbonyl (C=O) groups is 1. The predicted molar refractivity (Wildman–Crippen MR) is 65.7 cm³/mol. The van der Waals surface area contributed by atoms with Crippen LogP contribution in [0.1, 0.15) is 19.8 Å². The molecular weight excluding hydrogens is 218 g/mol. The lowest BCUT2D eigenvalue weighted by molar-refractivity contribution is 0.0676. The van der Waals surface area contributed by atoms with Crippen molar-refractivity contribution in [2.75, 3.05) is 39.3 Å². The Morgan fingerprint density at radius 3 is 2.47 bits per heavy atom. The second-order valence-electron chi connectivity index (χ2n) is 5.08. The Morgan fingerprint density at radius 2 is 1.94 bits per heavy atom. The van der Waals surface area contributed by atoms with Crippen LogP contribution < -0.4 is 5.73 Å². The van der Waals surface area contributed by atoms with Gasteiger partial charge in [0.25, 0.3) is 0 Å². The first-order valence-corrected chi connectivity index (χ1v) is 6.58. The number of ether oxygens (including phenoxy) is 1. The molecule has 1 aliphatic heterocycles. The van der Waals surface area contributed by atoms with Gasteiger partial charge in [0, 0.05) is 38.8 Å². The molecular formula is C12H23N3O2. The molecule has 5 nitrogen and oxygen atoms in total. The first kappa shape index (κ1) is 12.6. The minimum absolute atomic E-state index is 0.169. The van der Waals surface area contributed by atoms with Crippen molar-refractivity contribution in [3.05, 3.63) is 0 Å². The quantitative estimate of drug-likeness (QED) is 0.781. The number of nitrogens with two attached hydrogens (primary N) is 1. The Balaban J connectivity index is 1.65. The van der Waals surface area contributed by atoms with Crippen LogP contribution in [0.15, 0.2) is 0 Å². The van der Waals surface area contributed by atoms with Crippen molar-refractivity contribution >= 4 is 6.09 Å². The summed E-state index contributed by atoms with van der Waals surface area (Å²) >= 11 is 0. The van der Waals surface area contributed by atoms with Gasteiger partial charge in [-0.3, -0.25) is 4.90 Å². The third kappa shape index (κ3) is 3.33. The Bertz CT molecular complexity index is 258. The second kappa shape index (κ2) is 5.69. The van der Waals surface area contributed by atoms with E-state index in [0.717, 1.165) is 51.5 Å². The van der Waals surface area contributed by atoms with Crippen molar-refractivity contribution in [1.82, 2.24) is 9.80 Å². The highest BCUT2D eigenvalue weighted by molar-refractivity contribution is 5.67. The molecule has 2 aliphatic rings. The Kier molecular flexibility index (Phi) is 4.23. The van der Waals surface area contributed by atoms with Crippen molar-refractivity contribution < 1.29 is 9.53 Å². The Hall–Kier alpha value is -0.810. The van der Waals surface area contributed by atoms with Crippen molar-refractivity contribution in [3.8, 4) is 0 Å². The monoisotopic (exact) mass is 241 g/mol. The van der Waals surface area contributed by atoms with Gasteiger partial charge in [-0.05, 0) is 25.7 Å². The van der Waals surface area contributed by atoms with E-state index in [1.54, 1.807) is 4.90 Å². The van der Waals surface area contributed by atoms with Crippen LogP contribution in [-0.2, 0) is 4.74 Å². The van der Waals surface area contributed by atoms with E-state index in [2.05, 4.69) is 4.90 Å². The van der Waals surface area contributed by atoms with Gasteiger partial charge in [0.05, 0.1) is 6.61 Å². The van der Waals surface area contributed by atoms with E-state index in [1.165, 1.54) is 0 Å². The van der Waals surface area contributed by atoms with Gasteiger partial charge < -0.3 is 15.4 Å². The van der Waals surface area contributed by atoms with Crippen molar-refractivity contribution in [3.63, 3.8) is 0 Å². The van der Waals surface area contributed by atoms with E-state index in [4.69, 9.17) is 10.5 Å². The summed E-state index contributed by atoms with van der Waals surface area (Å²) < 4.78 is 5.00. The minimum atomic E-state index is -0.169. The fourth-order valence-electron chi connectivity index (χ4n) is 2.63. The molecule has 1 saturated carbocycles. The molecule has 1 aliphatic carbocycles. The van der Waals surface area contributed by atoms with E-state index >= 15 is 0 Å². The predicted octanol–water partition coefficient (Wildman–Crippen LogP) is 0.498. The summed E-state index contributed by atoms with van der Waals surface area (Å²) in [7, 11) is 0. The van der Waals surface area contributed by atoms with E-state index in [1.807, 2.05) is 6.92 Å². The molecule has 17 heavy (non-hydrogen) atoms. The summed E-state index contributed by atoms with van der Waals surface area (Å²) in [4.78, 5) is 15.7. The summed E-state index contributed by atoms with van der Waals surface area (Å²) in [6.45, 7) is 6.95. The molecule has 0 aromatic rings. The summed E-state index contributed by atoms with van der Waals surface area (Å²) in [5.41, 5.74) is 5.78. The van der Waals surface area contributed by atoms with Gasteiger partial charge in [-0.25, -0.2) is 4.79 Å². The normalized spacial score (nSPS) is 29.9. The molecule has 0 aromatic heterocycles. The van der Waals surface area contributed by atoms with Crippen LogP contribution in [0.2, 0.25) is 0 Å². The van der Waals surface area contributed by atoms with Gasteiger partial charge in [0.15, 0.2) is 0 Å². The highest BCUT2D eigenvalue weighted by Gasteiger charge is 2.29. The zero-order valence-corrected chi connectivity index (χ0v) is 10.6. The first-order chi connectivity index (χ1) is 8.19. The molecule has 98 valence electrons. The highest BCUT2D eigenvalue weighted by Crippen LogP contribution is 2.26. The number of nitrogens with zero attached hydrogens (tertiary/aromatic N) is 2. The molecule has 2 rings (SSSR count). The zero-order valence-electron chi connectivity index (χ0n) is 10.6. The molecule has 2 N–H and O–H groups in total. The fraction of sp³-hybridized carbons (Fsp3) is 0.917. The third-order valence-corrected chi connectivity index (χ3v) is 3.69. The van der Waals surface area contributed by atoms with Gasteiger partial charge in [0.2, 0.25) is 0 Å².